The van der Waals surface area contributed by atoms with Crippen LogP contribution < -0.4 is 10.6 Å². The molecular formula is C20H24I2N4O5. The molecule has 0 fully saturated rings. The second-order valence-electron chi connectivity index (χ2n) is 7.15. The lowest BCUT2D eigenvalue weighted by Crippen LogP contribution is -2.39. The van der Waals surface area contributed by atoms with Crippen LogP contribution in [-0.4, -0.2) is 58.3 Å². The number of hydrogen-bond acceptors (Lipinski definition) is 5. The number of carbonyl (C=O) groups is 3. The predicted molar refractivity (Wildman–Crippen MR) is 130 cm³/mol. The summed E-state index contributed by atoms with van der Waals surface area (Å²) in [6.07, 6.45) is 4.80. The minimum atomic E-state index is -0.233. The molecule has 0 bridgehead atoms. The Morgan fingerprint density at radius 1 is 1.06 bits per heavy atom. The Balaban J connectivity index is 0.000000179. The van der Waals surface area contributed by atoms with E-state index in [9.17, 15) is 14.4 Å². The van der Waals surface area contributed by atoms with Crippen molar-refractivity contribution >= 4 is 63.0 Å². The van der Waals surface area contributed by atoms with Gasteiger partial charge in [-0.3, -0.25) is 14.4 Å². The van der Waals surface area contributed by atoms with Crippen LogP contribution in [0, 0.1) is 7.14 Å². The number of hydrogen-bond donors (Lipinski definition) is 3. The minimum absolute atomic E-state index is 0.0258. The highest BCUT2D eigenvalue weighted by Crippen LogP contribution is 2.23. The van der Waals surface area contributed by atoms with E-state index in [2.05, 4.69) is 55.8 Å². The first kappa shape index (κ1) is 24.0. The fourth-order valence-corrected chi connectivity index (χ4v) is 4.82. The highest BCUT2D eigenvalue weighted by Gasteiger charge is 2.27. The van der Waals surface area contributed by atoms with E-state index in [1.165, 1.54) is 0 Å². The molecule has 0 saturated heterocycles. The summed E-state index contributed by atoms with van der Waals surface area (Å²) in [5.74, 6) is -0.349. The second-order valence-corrected chi connectivity index (χ2v) is 9.64. The van der Waals surface area contributed by atoms with Gasteiger partial charge in [0.1, 0.15) is 11.4 Å². The molecule has 11 heteroatoms. The molecule has 4 rings (SSSR count). The van der Waals surface area contributed by atoms with Gasteiger partial charge in [-0.2, -0.15) is 0 Å². The Labute approximate surface area is 207 Å². The summed E-state index contributed by atoms with van der Waals surface area (Å²) in [6, 6.07) is 3.81. The smallest absolute Gasteiger partial charge is 0.307 e. The van der Waals surface area contributed by atoms with Crippen LogP contribution >= 0.6 is 45.2 Å². The third-order valence-electron chi connectivity index (χ3n) is 5.05. The first-order chi connectivity index (χ1) is 14.8. The van der Waals surface area contributed by atoms with Gasteiger partial charge in [-0.05, 0) is 70.7 Å². The van der Waals surface area contributed by atoms with E-state index < -0.39 is 0 Å². The Morgan fingerprint density at radius 3 is 2.10 bits per heavy atom. The molecular weight excluding hydrogens is 630 g/mol. The third kappa shape index (κ3) is 5.80. The lowest BCUT2D eigenvalue weighted by atomic mass is 10.1. The van der Waals surface area contributed by atoms with Crippen LogP contribution in [0.1, 0.15) is 52.8 Å². The zero-order valence-electron chi connectivity index (χ0n) is 16.9. The van der Waals surface area contributed by atoms with Gasteiger partial charge in [-0.1, -0.05) is 0 Å². The van der Waals surface area contributed by atoms with E-state index >= 15 is 0 Å². The van der Waals surface area contributed by atoms with Crippen molar-refractivity contribution in [2.24, 2.45) is 0 Å². The van der Waals surface area contributed by atoms with Gasteiger partial charge < -0.3 is 29.6 Å². The number of carbonyl (C=O) groups excluding carboxylic acids is 3. The molecule has 0 aliphatic carbocycles. The average Bonchev–Trinajstić information content (AvgIpc) is 3.31. The van der Waals surface area contributed by atoms with E-state index in [0.29, 0.717) is 37.5 Å². The Kier molecular flexibility index (Phi) is 8.38. The number of ether oxygens (including phenoxy) is 1. The normalized spacial score (nSPS) is 19.4. The first-order valence-electron chi connectivity index (χ1n) is 9.91. The molecule has 2 aliphatic rings. The number of amides is 2. The van der Waals surface area contributed by atoms with Crippen molar-refractivity contribution in [1.82, 2.24) is 19.8 Å². The number of nitrogens with one attached hydrogen (secondary N) is 2. The molecule has 168 valence electrons. The molecule has 0 radical (unpaired) electrons. The van der Waals surface area contributed by atoms with E-state index in [4.69, 9.17) is 9.84 Å². The average molecular weight is 654 g/mol. The van der Waals surface area contributed by atoms with Gasteiger partial charge in [0, 0.05) is 39.2 Å². The number of aliphatic hydroxyl groups excluding tert-OH is 1. The van der Waals surface area contributed by atoms with Crippen LogP contribution in [0.2, 0.25) is 0 Å². The molecule has 0 saturated carbocycles. The number of nitrogens with zero attached hydrogens (tertiary/aromatic N) is 2. The summed E-state index contributed by atoms with van der Waals surface area (Å²) in [5.41, 5.74) is 1.30. The fourth-order valence-electron chi connectivity index (χ4n) is 3.63. The quantitative estimate of drug-likeness (QED) is 0.338. The van der Waals surface area contributed by atoms with Crippen LogP contribution in [0.3, 0.4) is 0 Å². The number of halogens is 2. The second kappa shape index (κ2) is 10.8. The number of aromatic nitrogens is 2. The van der Waals surface area contributed by atoms with Gasteiger partial charge in [-0.15, -0.1) is 0 Å². The third-order valence-corrected chi connectivity index (χ3v) is 6.23. The molecule has 2 aromatic heterocycles. The van der Waals surface area contributed by atoms with Gasteiger partial charge in [0.05, 0.1) is 25.1 Å². The topological polar surface area (TPSA) is 115 Å². The summed E-state index contributed by atoms with van der Waals surface area (Å²) in [5, 5.41) is 14.5. The molecule has 31 heavy (non-hydrogen) atoms. The number of aliphatic hydroxyl groups is 1. The number of fused-ring (bicyclic) bond motifs is 2. The summed E-state index contributed by atoms with van der Waals surface area (Å²) in [6.45, 7) is 3.39. The summed E-state index contributed by atoms with van der Waals surface area (Å²) in [4.78, 5) is 34.5. The Bertz CT molecular complexity index is 971. The maximum Gasteiger partial charge on any atom is 0.307 e. The number of rotatable bonds is 5. The van der Waals surface area contributed by atoms with Gasteiger partial charge in [0.15, 0.2) is 0 Å². The van der Waals surface area contributed by atoms with Crippen LogP contribution in [0.25, 0.3) is 0 Å². The molecule has 0 aromatic carbocycles. The van der Waals surface area contributed by atoms with Crippen molar-refractivity contribution in [1.29, 1.82) is 0 Å². The monoisotopic (exact) mass is 654 g/mol. The highest BCUT2D eigenvalue weighted by atomic mass is 127. The van der Waals surface area contributed by atoms with Crippen molar-refractivity contribution < 1.29 is 24.2 Å². The summed E-state index contributed by atoms with van der Waals surface area (Å²) in [7, 11) is 0. The zero-order valence-corrected chi connectivity index (χ0v) is 21.3. The van der Waals surface area contributed by atoms with Crippen LogP contribution in [0.15, 0.2) is 24.5 Å². The zero-order chi connectivity index (χ0) is 22.5. The van der Waals surface area contributed by atoms with Crippen molar-refractivity contribution in [2.75, 3.05) is 26.3 Å². The molecule has 2 aliphatic heterocycles. The standard InChI is InChI=1S/C11H13IN2O3.C9H11IN2O2/c1-2-17-10(15)4-8-5-13-11(16)9-3-7(12)6-14(8)9;10-6-3-8-9(14)11-4-7(1-2-13)12(8)5-6/h3,6,8H,2,4-5H2,1H3,(H,13,16);3,5,7,13H,1-2,4H2,(H,11,14). The molecule has 4 heterocycles. The SMILES string of the molecule is CCOC(=O)CC1CNC(=O)c2cc(I)cn21.O=C1NCC(CCO)n2cc(I)cc21. The maximum atomic E-state index is 11.6. The highest BCUT2D eigenvalue weighted by molar-refractivity contribution is 14.1. The fraction of sp³-hybridized carbons (Fsp3) is 0.450. The van der Waals surface area contributed by atoms with Crippen LogP contribution in [-0.2, 0) is 9.53 Å². The minimum Gasteiger partial charge on any atom is -0.466 e. The maximum absolute atomic E-state index is 11.6. The molecule has 0 spiro atoms. The Morgan fingerprint density at radius 2 is 1.58 bits per heavy atom. The Hall–Kier alpha value is -1.61. The lowest BCUT2D eigenvalue weighted by molar-refractivity contribution is -0.144. The van der Waals surface area contributed by atoms with Crippen molar-refractivity contribution in [3.8, 4) is 0 Å². The van der Waals surface area contributed by atoms with Crippen LogP contribution in [0.4, 0.5) is 0 Å². The van der Waals surface area contributed by atoms with Gasteiger partial charge in [0.25, 0.3) is 11.8 Å². The van der Waals surface area contributed by atoms with Gasteiger partial charge >= 0.3 is 5.97 Å². The molecule has 2 aromatic rings. The van der Waals surface area contributed by atoms with E-state index in [1.807, 2.05) is 33.7 Å². The van der Waals surface area contributed by atoms with Gasteiger partial charge in [0.2, 0.25) is 0 Å². The summed E-state index contributed by atoms with van der Waals surface area (Å²) < 4.78 is 10.8. The molecule has 2 atom stereocenters. The first-order valence-corrected chi connectivity index (χ1v) is 12.1. The molecule has 3 N–H and O–H groups in total. The number of esters is 1. The van der Waals surface area contributed by atoms with Crippen molar-refractivity contribution in [3.05, 3.63) is 43.1 Å². The van der Waals surface area contributed by atoms with Crippen molar-refractivity contribution in [2.45, 2.75) is 31.8 Å². The van der Waals surface area contributed by atoms with Crippen LogP contribution in [0.5, 0.6) is 0 Å². The molecule has 2 unspecified atom stereocenters. The van der Waals surface area contributed by atoms with E-state index in [1.54, 1.807) is 6.92 Å². The van der Waals surface area contributed by atoms with E-state index in [-0.39, 0.29) is 42.9 Å². The summed E-state index contributed by atoms with van der Waals surface area (Å²) >= 11 is 4.34. The largest absolute Gasteiger partial charge is 0.466 e. The predicted octanol–water partition coefficient (Wildman–Crippen LogP) is 2.09. The van der Waals surface area contributed by atoms with E-state index in [0.717, 1.165) is 7.14 Å². The molecule has 2 amide bonds. The van der Waals surface area contributed by atoms with Crippen molar-refractivity contribution in [3.63, 3.8) is 0 Å². The lowest BCUT2D eigenvalue weighted by Gasteiger charge is -2.25. The van der Waals surface area contributed by atoms with Gasteiger partial charge in [-0.25, -0.2) is 0 Å². The molecule has 9 nitrogen and oxygen atoms in total.